The predicted molar refractivity (Wildman–Crippen MR) is 181 cm³/mol. The number of hydrogen-bond acceptors (Lipinski definition) is 6. The maximum absolute atomic E-state index is 14.8. The Bertz CT molecular complexity index is 1970. The summed E-state index contributed by atoms with van der Waals surface area (Å²) < 4.78 is 16.0. The molecule has 4 heterocycles. The molecule has 7 rings (SSSR count). The Kier molecular flexibility index (Phi) is 8.35. The van der Waals surface area contributed by atoms with Crippen LogP contribution in [-0.2, 0) is 16.0 Å². The third-order valence-electron chi connectivity index (χ3n) is 10.1. The molecule has 1 aromatic heterocycles. The second-order valence-electron chi connectivity index (χ2n) is 12.9. The van der Waals surface area contributed by atoms with Gasteiger partial charge in [0, 0.05) is 50.8 Å². The largest absolute Gasteiger partial charge is 0.478 e. The highest BCUT2D eigenvalue weighted by molar-refractivity contribution is 6.30. The highest BCUT2D eigenvalue weighted by Gasteiger charge is 2.47. The van der Waals surface area contributed by atoms with Gasteiger partial charge in [-0.05, 0) is 79.3 Å². The summed E-state index contributed by atoms with van der Waals surface area (Å²) in [5, 5.41) is 16.3. The van der Waals surface area contributed by atoms with Crippen LogP contribution in [0.5, 0.6) is 0 Å². The van der Waals surface area contributed by atoms with Crippen molar-refractivity contribution in [1.82, 2.24) is 19.6 Å². The van der Waals surface area contributed by atoms with Crippen molar-refractivity contribution in [3.05, 3.63) is 106 Å². The smallest absolute Gasteiger partial charge is 0.335 e. The van der Waals surface area contributed by atoms with Crippen LogP contribution in [0.1, 0.15) is 57.1 Å². The number of aromatic nitrogens is 2. The minimum Gasteiger partial charge on any atom is -0.478 e. The highest BCUT2D eigenvalue weighted by Crippen LogP contribution is 2.44. The number of rotatable bonds is 6. The molecule has 4 aromatic rings. The van der Waals surface area contributed by atoms with E-state index in [0.717, 1.165) is 37.1 Å². The summed E-state index contributed by atoms with van der Waals surface area (Å²) in [6.07, 6.45) is 5.58. The SMILES string of the molecule is CN1CCC2(CCN(c3cccc4c3CCN(C(=O)c3cnn(-c5cccc(Cl)c5F)c3)C4C(=O)Nc3ccc(C(=O)O)cc3)CC2)C1=O. The van der Waals surface area contributed by atoms with Crippen molar-refractivity contribution in [2.75, 3.05) is 43.4 Å². The standard InChI is InChI=1S/C36H34ClFN6O5/c1-41-17-13-36(35(41)49)14-18-42(19-15-36)28-6-2-4-26-25(28)12-16-43(31(26)32(45)40-24-10-8-22(9-11-24)34(47)48)33(46)23-20-39-44(21-23)29-7-3-5-27(37)30(29)38/h2-11,20-21,31H,12-19H2,1H3,(H,40,45)(H,47,48). The van der Waals surface area contributed by atoms with Crippen LogP contribution in [0.15, 0.2) is 73.1 Å². The Labute approximate surface area is 286 Å². The van der Waals surface area contributed by atoms with Gasteiger partial charge in [0.15, 0.2) is 5.82 Å². The molecule has 3 aliphatic heterocycles. The van der Waals surface area contributed by atoms with Crippen molar-refractivity contribution < 1.29 is 28.7 Å². The topological polar surface area (TPSA) is 128 Å². The quantitative estimate of drug-likeness (QED) is 0.286. The van der Waals surface area contributed by atoms with E-state index < -0.39 is 29.6 Å². The van der Waals surface area contributed by atoms with E-state index in [2.05, 4.69) is 15.3 Å². The summed E-state index contributed by atoms with van der Waals surface area (Å²) >= 11 is 5.97. The van der Waals surface area contributed by atoms with Gasteiger partial charge in [0.1, 0.15) is 11.7 Å². The monoisotopic (exact) mass is 684 g/mol. The van der Waals surface area contributed by atoms with E-state index in [-0.39, 0.29) is 39.7 Å². The van der Waals surface area contributed by atoms with Gasteiger partial charge in [0.05, 0.1) is 27.8 Å². The maximum Gasteiger partial charge on any atom is 0.335 e. The van der Waals surface area contributed by atoms with Crippen LogP contribution in [0.25, 0.3) is 5.69 Å². The van der Waals surface area contributed by atoms with Crippen LogP contribution in [-0.4, -0.2) is 81.6 Å². The molecule has 1 spiro atoms. The summed E-state index contributed by atoms with van der Waals surface area (Å²) in [7, 11) is 1.86. The number of piperidine rings is 1. The van der Waals surface area contributed by atoms with Crippen LogP contribution < -0.4 is 10.2 Å². The lowest BCUT2D eigenvalue weighted by Gasteiger charge is -2.42. The molecule has 252 valence electrons. The molecule has 2 fully saturated rings. The average Bonchev–Trinajstić information content (AvgIpc) is 3.70. The molecule has 49 heavy (non-hydrogen) atoms. The lowest BCUT2D eigenvalue weighted by atomic mass is 9.76. The van der Waals surface area contributed by atoms with E-state index in [1.54, 1.807) is 6.07 Å². The molecule has 1 unspecified atom stereocenters. The normalized spacial score (nSPS) is 18.5. The number of aromatic carboxylic acids is 1. The lowest BCUT2D eigenvalue weighted by Crippen LogP contribution is -2.47. The first kappa shape index (κ1) is 32.3. The van der Waals surface area contributed by atoms with Gasteiger partial charge in [-0.15, -0.1) is 0 Å². The Morgan fingerprint density at radius 3 is 2.33 bits per heavy atom. The lowest BCUT2D eigenvalue weighted by molar-refractivity contribution is -0.136. The fourth-order valence-electron chi connectivity index (χ4n) is 7.39. The van der Waals surface area contributed by atoms with Gasteiger partial charge >= 0.3 is 5.97 Å². The predicted octanol–water partition coefficient (Wildman–Crippen LogP) is 5.19. The summed E-state index contributed by atoms with van der Waals surface area (Å²) in [5.74, 6) is -2.49. The molecular formula is C36H34ClFN6O5. The molecule has 2 N–H and O–H groups in total. The van der Waals surface area contributed by atoms with Gasteiger partial charge in [-0.1, -0.05) is 29.8 Å². The van der Waals surface area contributed by atoms with Gasteiger partial charge in [-0.3, -0.25) is 14.4 Å². The zero-order valence-corrected chi connectivity index (χ0v) is 27.5. The van der Waals surface area contributed by atoms with Gasteiger partial charge in [0.2, 0.25) is 5.91 Å². The third kappa shape index (κ3) is 5.79. The molecule has 3 aliphatic rings. The molecule has 1 atom stereocenters. The summed E-state index contributed by atoms with van der Waals surface area (Å²) in [6.45, 7) is 2.39. The van der Waals surface area contributed by atoms with Crippen LogP contribution in [0.3, 0.4) is 0 Å². The zero-order valence-electron chi connectivity index (χ0n) is 26.7. The van der Waals surface area contributed by atoms with E-state index in [9.17, 15) is 28.7 Å². The molecule has 11 nitrogen and oxygen atoms in total. The van der Waals surface area contributed by atoms with Crippen LogP contribution in [0.2, 0.25) is 5.02 Å². The molecule has 0 aliphatic carbocycles. The Morgan fingerprint density at radius 1 is 0.939 bits per heavy atom. The molecule has 2 saturated heterocycles. The number of anilines is 2. The summed E-state index contributed by atoms with van der Waals surface area (Å²) in [4.78, 5) is 58.2. The number of fused-ring (bicyclic) bond motifs is 1. The van der Waals surface area contributed by atoms with E-state index >= 15 is 0 Å². The van der Waals surface area contributed by atoms with Gasteiger partial charge in [-0.2, -0.15) is 5.10 Å². The summed E-state index contributed by atoms with van der Waals surface area (Å²) in [5.41, 5.74) is 2.97. The number of likely N-dealkylation sites (tertiary alicyclic amines) is 1. The molecule has 13 heteroatoms. The van der Waals surface area contributed by atoms with Crippen molar-refractivity contribution in [2.24, 2.45) is 5.41 Å². The number of carbonyl (C=O) groups excluding carboxylic acids is 3. The highest BCUT2D eigenvalue weighted by atomic mass is 35.5. The molecule has 3 aromatic carbocycles. The van der Waals surface area contributed by atoms with E-state index in [1.807, 2.05) is 30.1 Å². The van der Waals surface area contributed by atoms with Crippen molar-refractivity contribution in [2.45, 2.75) is 31.7 Å². The van der Waals surface area contributed by atoms with Crippen molar-refractivity contribution in [3.8, 4) is 5.69 Å². The van der Waals surface area contributed by atoms with Crippen molar-refractivity contribution in [1.29, 1.82) is 0 Å². The number of halogens is 2. The Balaban J connectivity index is 1.21. The number of benzene rings is 3. The van der Waals surface area contributed by atoms with Crippen LogP contribution in [0, 0.1) is 11.2 Å². The van der Waals surface area contributed by atoms with Gasteiger partial charge in [0.25, 0.3) is 11.8 Å². The second kappa shape index (κ2) is 12.7. The number of nitrogens with one attached hydrogen (secondary N) is 1. The van der Waals surface area contributed by atoms with Gasteiger partial charge in [-0.25, -0.2) is 13.9 Å². The average molecular weight is 685 g/mol. The first-order valence-electron chi connectivity index (χ1n) is 16.1. The first-order valence-corrected chi connectivity index (χ1v) is 16.5. The van der Waals surface area contributed by atoms with Crippen LogP contribution >= 0.6 is 11.6 Å². The molecule has 0 saturated carbocycles. The van der Waals surface area contributed by atoms with Crippen LogP contribution in [0.4, 0.5) is 15.8 Å². The molecular weight excluding hydrogens is 651 g/mol. The van der Waals surface area contributed by atoms with Gasteiger partial charge < -0.3 is 25.1 Å². The first-order chi connectivity index (χ1) is 23.6. The van der Waals surface area contributed by atoms with Crippen molar-refractivity contribution >= 4 is 46.7 Å². The number of carboxylic acids is 1. The zero-order chi connectivity index (χ0) is 34.4. The fraction of sp³-hybridized carbons (Fsp3) is 0.306. The summed E-state index contributed by atoms with van der Waals surface area (Å²) in [6, 6.07) is 15.0. The molecule has 0 bridgehead atoms. The van der Waals surface area contributed by atoms with E-state index in [4.69, 9.17) is 11.6 Å². The third-order valence-corrected chi connectivity index (χ3v) is 10.4. The molecule has 0 radical (unpaired) electrons. The number of carbonyl (C=O) groups is 4. The van der Waals surface area contributed by atoms with E-state index in [0.29, 0.717) is 30.8 Å². The maximum atomic E-state index is 14.8. The number of carboxylic acid groups (broad SMARTS) is 1. The minimum atomic E-state index is -1.09. The number of nitrogens with zero attached hydrogens (tertiary/aromatic N) is 5. The second-order valence-corrected chi connectivity index (χ2v) is 13.3. The minimum absolute atomic E-state index is 0.0740. The Morgan fingerprint density at radius 2 is 1.63 bits per heavy atom. The Hall–Kier alpha value is -5.23. The fourth-order valence-corrected chi connectivity index (χ4v) is 7.56. The number of hydrogen-bond donors (Lipinski definition) is 2. The van der Waals surface area contributed by atoms with E-state index in [1.165, 1.54) is 58.4 Å². The van der Waals surface area contributed by atoms with Crippen molar-refractivity contribution in [3.63, 3.8) is 0 Å². The molecule has 3 amide bonds. The number of amides is 3.